The molecule has 14 heteroatoms. The number of aromatic nitrogens is 4. The zero-order valence-corrected chi connectivity index (χ0v) is 23.9. The first-order chi connectivity index (χ1) is 19.3. The van der Waals surface area contributed by atoms with Crippen LogP contribution in [0.5, 0.6) is 5.75 Å². The van der Waals surface area contributed by atoms with Gasteiger partial charge in [0.25, 0.3) is 17.6 Å². The number of fused-ring (bicyclic) bond motifs is 1. The number of aryl methyl sites for hydroxylation is 1. The highest BCUT2D eigenvalue weighted by Gasteiger charge is 2.29. The highest BCUT2D eigenvalue weighted by atomic mass is 35.5. The molecular formula is C26H33ClN7O5S+. The third-order valence-corrected chi connectivity index (χ3v) is 8.62. The van der Waals surface area contributed by atoms with Crippen molar-refractivity contribution in [1.82, 2.24) is 24.8 Å². The average molecular weight is 591 g/mol. The lowest BCUT2D eigenvalue weighted by Gasteiger charge is -2.26. The number of nitrogens with one attached hydrogen (secondary N) is 1. The molecule has 2 aromatic heterocycles. The van der Waals surface area contributed by atoms with Gasteiger partial charge in [0.15, 0.2) is 29.2 Å². The molecule has 0 aliphatic carbocycles. The number of benzene rings is 1. The molecule has 3 N–H and O–H groups in total. The summed E-state index contributed by atoms with van der Waals surface area (Å²) in [4.78, 5) is 35.3. The summed E-state index contributed by atoms with van der Waals surface area (Å²) in [5, 5.41) is 2.99. The number of hydrogen-bond donors (Lipinski definition) is 2. The molecule has 214 valence electrons. The van der Waals surface area contributed by atoms with Crippen molar-refractivity contribution in [2.45, 2.75) is 45.5 Å². The second-order valence-electron chi connectivity index (χ2n) is 9.68. The maximum Gasteiger partial charge on any atom is 0.277 e. The fraction of sp³-hybridized carbons (Fsp3) is 0.500. The Balaban J connectivity index is 1.40. The van der Waals surface area contributed by atoms with Gasteiger partial charge in [-0.3, -0.25) is 13.8 Å². The van der Waals surface area contributed by atoms with Crippen LogP contribution in [-0.2, 0) is 40.0 Å². The van der Waals surface area contributed by atoms with Gasteiger partial charge >= 0.3 is 0 Å². The summed E-state index contributed by atoms with van der Waals surface area (Å²) in [5.74, 6) is 1.83. The predicted molar refractivity (Wildman–Crippen MR) is 149 cm³/mol. The Morgan fingerprint density at radius 3 is 2.85 bits per heavy atom. The van der Waals surface area contributed by atoms with Crippen molar-refractivity contribution >= 4 is 51.1 Å². The molecule has 2 amide bonds. The molecule has 0 radical (unpaired) electrons. The first-order valence-corrected chi connectivity index (χ1v) is 15.2. The van der Waals surface area contributed by atoms with E-state index in [9.17, 15) is 13.8 Å². The summed E-state index contributed by atoms with van der Waals surface area (Å²) in [6, 6.07) is 5.72. The number of carbonyl (C=O) groups is 2. The molecule has 5 rings (SSSR count). The second-order valence-corrected chi connectivity index (χ2v) is 11.8. The van der Waals surface area contributed by atoms with Crippen molar-refractivity contribution in [2.75, 3.05) is 43.5 Å². The van der Waals surface area contributed by atoms with Gasteiger partial charge in [0, 0.05) is 48.1 Å². The second kappa shape index (κ2) is 12.5. The molecule has 0 bridgehead atoms. The van der Waals surface area contributed by atoms with Crippen molar-refractivity contribution < 1.29 is 27.8 Å². The largest absolute Gasteiger partial charge is 0.484 e. The smallest absolute Gasteiger partial charge is 0.277 e. The van der Waals surface area contributed by atoms with Crippen molar-refractivity contribution in [2.24, 2.45) is 0 Å². The minimum Gasteiger partial charge on any atom is -0.484 e. The van der Waals surface area contributed by atoms with Crippen LogP contribution in [0.25, 0.3) is 11.0 Å². The quantitative estimate of drug-likeness (QED) is 0.352. The molecule has 3 aromatic rings. The molecule has 0 unspecified atom stereocenters. The van der Waals surface area contributed by atoms with Crippen LogP contribution in [0, 0.1) is 0 Å². The number of halogens is 1. The summed E-state index contributed by atoms with van der Waals surface area (Å²) in [6.07, 6.45) is 3.27. The van der Waals surface area contributed by atoms with E-state index in [4.69, 9.17) is 26.8 Å². The fourth-order valence-corrected chi connectivity index (χ4v) is 6.30. The van der Waals surface area contributed by atoms with Crippen molar-refractivity contribution in [1.29, 1.82) is 0 Å². The zero-order chi connectivity index (χ0) is 28.2. The van der Waals surface area contributed by atoms with Crippen LogP contribution >= 0.6 is 11.6 Å². The average Bonchev–Trinajstić information content (AvgIpc) is 3.58. The molecule has 2 saturated heterocycles. The number of amides is 2. The van der Waals surface area contributed by atoms with E-state index in [-0.39, 0.29) is 41.8 Å². The van der Waals surface area contributed by atoms with Gasteiger partial charge in [-0.25, -0.2) is 19.1 Å². The minimum absolute atomic E-state index is 0.000631. The first kappa shape index (κ1) is 28.2. The number of imidazole rings is 1. The summed E-state index contributed by atoms with van der Waals surface area (Å²) in [7, 11) is -0.852. The molecule has 2 aliphatic heterocycles. The number of hydrogen-bond acceptors (Lipinski definition) is 8. The molecule has 4 heterocycles. The number of nitrogen functional groups attached to an aromatic ring is 1. The van der Waals surface area contributed by atoms with Gasteiger partial charge in [-0.1, -0.05) is 11.6 Å². The number of rotatable bonds is 9. The number of ether oxygens (including phenoxy) is 2. The third kappa shape index (κ3) is 6.21. The van der Waals surface area contributed by atoms with Gasteiger partial charge in [0.2, 0.25) is 0 Å². The third-order valence-electron chi connectivity index (χ3n) is 7.16. The van der Waals surface area contributed by atoms with Crippen LogP contribution in [0.15, 0.2) is 24.4 Å². The lowest BCUT2D eigenvalue weighted by molar-refractivity contribution is -0.676. The van der Waals surface area contributed by atoms with Crippen LogP contribution < -0.4 is 20.4 Å². The van der Waals surface area contributed by atoms with Gasteiger partial charge < -0.3 is 25.4 Å². The normalized spacial score (nSPS) is 17.9. The summed E-state index contributed by atoms with van der Waals surface area (Å²) in [6.45, 7) is 5.09. The minimum atomic E-state index is -0.852. The van der Waals surface area contributed by atoms with Gasteiger partial charge in [-0.05, 0) is 31.9 Å². The Labute approximate surface area is 239 Å². The molecule has 2 aliphatic rings. The lowest BCUT2D eigenvalue weighted by Crippen LogP contribution is -2.43. The van der Waals surface area contributed by atoms with Crippen LogP contribution in [0.4, 0.5) is 5.82 Å². The van der Waals surface area contributed by atoms with Crippen molar-refractivity contribution in [3.8, 4) is 5.75 Å². The van der Waals surface area contributed by atoms with Crippen LogP contribution in [-0.4, -0.2) is 79.4 Å². The number of nitrogens with zero attached hydrogens (tertiary/aromatic N) is 5. The lowest BCUT2D eigenvalue weighted by atomic mass is 10.2. The van der Waals surface area contributed by atoms with E-state index >= 15 is 0 Å². The Bertz CT molecular complexity index is 1430. The van der Waals surface area contributed by atoms with Crippen molar-refractivity contribution in [3.05, 3.63) is 41.1 Å². The Morgan fingerprint density at radius 1 is 1.32 bits per heavy atom. The SMILES string of the molecule is CC[n+]1c(CNC(=O)c2nc(Cl)cnc2N)n(C[C@@H]2CCCO2)c2cc(OCC(=O)N3CCS(=O)CC3)ccc21. The molecule has 0 spiro atoms. The maximum atomic E-state index is 12.9. The number of anilines is 1. The molecule has 1 atom stereocenters. The molecule has 2 fully saturated rings. The molecule has 0 saturated carbocycles. The summed E-state index contributed by atoms with van der Waals surface area (Å²) in [5.41, 5.74) is 7.70. The van der Waals surface area contributed by atoms with Gasteiger partial charge in [-0.2, -0.15) is 0 Å². The van der Waals surface area contributed by atoms with Gasteiger partial charge in [0.1, 0.15) is 24.0 Å². The van der Waals surface area contributed by atoms with E-state index < -0.39 is 16.7 Å². The standard InChI is InChI=1S/C26H32ClN7O5S/c1-2-33-19-6-5-17(39-16-23(35)32-7-10-40(37)11-8-32)12-20(19)34(15-18-4-3-9-38-18)22(33)14-30-26(36)24-25(28)29-13-21(27)31-24/h5-6,12-13,18H,2-4,7-11,14-16H2,1H3,(H2-,28,29,30,36)/p+1/t18-/m0/s1. The van der Waals surface area contributed by atoms with Crippen molar-refractivity contribution in [3.63, 3.8) is 0 Å². The number of nitrogens with two attached hydrogens (primary N) is 1. The monoisotopic (exact) mass is 590 g/mol. The van der Waals surface area contributed by atoms with Crippen LogP contribution in [0.3, 0.4) is 0 Å². The Kier molecular flexibility index (Phi) is 8.81. The highest BCUT2D eigenvalue weighted by molar-refractivity contribution is 7.85. The Morgan fingerprint density at radius 2 is 2.12 bits per heavy atom. The fourth-order valence-electron chi connectivity index (χ4n) is 5.11. The predicted octanol–water partition coefficient (Wildman–Crippen LogP) is 1.05. The Hall–Kier alpha value is -3.29. The highest BCUT2D eigenvalue weighted by Crippen LogP contribution is 2.24. The van der Waals surface area contributed by atoms with E-state index in [1.54, 1.807) is 4.90 Å². The zero-order valence-electron chi connectivity index (χ0n) is 22.3. The molecule has 40 heavy (non-hydrogen) atoms. The number of carbonyl (C=O) groups excluding carboxylic acids is 2. The van der Waals surface area contributed by atoms with E-state index in [2.05, 4.69) is 24.4 Å². The molecular weight excluding hydrogens is 558 g/mol. The summed E-state index contributed by atoms with van der Waals surface area (Å²) < 4.78 is 27.7. The van der Waals surface area contributed by atoms with Gasteiger partial charge in [0.05, 0.1) is 18.8 Å². The van der Waals surface area contributed by atoms with E-state index in [1.165, 1.54) is 6.20 Å². The van der Waals surface area contributed by atoms with Crippen LogP contribution in [0.2, 0.25) is 5.15 Å². The van der Waals surface area contributed by atoms with Crippen LogP contribution in [0.1, 0.15) is 36.1 Å². The van der Waals surface area contributed by atoms with Gasteiger partial charge in [-0.15, -0.1) is 0 Å². The topological polar surface area (TPSA) is 146 Å². The summed E-state index contributed by atoms with van der Waals surface area (Å²) >= 11 is 5.93. The first-order valence-electron chi connectivity index (χ1n) is 13.3. The van der Waals surface area contributed by atoms with E-state index in [1.807, 2.05) is 25.1 Å². The maximum absolute atomic E-state index is 12.9. The van der Waals surface area contributed by atoms with E-state index in [0.717, 1.165) is 36.3 Å². The van der Waals surface area contributed by atoms with E-state index in [0.29, 0.717) is 43.4 Å². The molecule has 1 aromatic carbocycles. The molecule has 12 nitrogen and oxygen atoms in total.